The highest BCUT2D eigenvalue weighted by Gasteiger charge is 2.21. The smallest absolute Gasteiger partial charge is 0.187 e. The van der Waals surface area contributed by atoms with Crippen molar-refractivity contribution in [1.82, 2.24) is 19.8 Å². The number of aromatic nitrogens is 2. The van der Waals surface area contributed by atoms with Gasteiger partial charge in [0.2, 0.25) is 0 Å². The molecule has 27 heavy (non-hydrogen) atoms. The molecule has 3 rings (SSSR count). The van der Waals surface area contributed by atoms with Crippen LogP contribution in [0.2, 0.25) is 5.02 Å². The van der Waals surface area contributed by atoms with Crippen molar-refractivity contribution < 1.29 is 0 Å². The predicted octanol–water partition coefficient (Wildman–Crippen LogP) is 4.24. The van der Waals surface area contributed by atoms with Crippen LogP contribution in [0, 0.1) is 5.92 Å². The molecule has 2 aromatic rings. The monoisotopic (exact) mass is 404 g/mol. The van der Waals surface area contributed by atoms with Crippen LogP contribution in [-0.2, 0) is 13.0 Å². The second-order valence-corrected chi connectivity index (χ2v) is 8.67. The Balaban J connectivity index is 1.43. The summed E-state index contributed by atoms with van der Waals surface area (Å²) in [5.74, 6) is 0.736. The van der Waals surface area contributed by atoms with E-state index in [-0.39, 0.29) is 0 Å². The van der Waals surface area contributed by atoms with Crippen molar-refractivity contribution in [2.24, 2.45) is 5.92 Å². The second-order valence-electron chi connectivity index (χ2n) is 7.46. The summed E-state index contributed by atoms with van der Waals surface area (Å²) in [6.45, 7) is 5.58. The fourth-order valence-corrected chi connectivity index (χ4v) is 4.23. The Bertz CT molecular complexity index is 692. The van der Waals surface area contributed by atoms with Gasteiger partial charge in [0.25, 0.3) is 0 Å². The van der Waals surface area contributed by atoms with Crippen molar-refractivity contribution in [3.63, 3.8) is 0 Å². The van der Waals surface area contributed by atoms with Crippen LogP contribution in [0.15, 0.2) is 41.8 Å². The van der Waals surface area contributed by atoms with E-state index in [2.05, 4.69) is 38.9 Å². The van der Waals surface area contributed by atoms with Crippen molar-refractivity contribution >= 4 is 23.4 Å². The third kappa shape index (κ3) is 6.75. The van der Waals surface area contributed by atoms with Crippen LogP contribution in [0.25, 0.3) is 0 Å². The summed E-state index contributed by atoms with van der Waals surface area (Å²) in [6.07, 6.45) is 9.62. The Morgan fingerprint density at radius 1 is 1.19 bits per heavy atom. The number of nitrogens with zero attached hydrogens (tertiary/aromatic N) is 4. The molecule has 0 amide bonds. The zero-order chi connectivity index (χ0) is 19.1. The number of hydrogen-bond donors (Lipinski definition) is 0. The van der Waals surface area contributed by atoms with Gasteiger partial charge in [-0.3, -0.25) is 0 Å². The lowest BCUT2D eigenvalue weighted by Gasteiger charge is -2.34. The first-order valence-corrected chi connectivity index (χ1v) is 11.2. The van der Waals surface area contributed by atoms with Crippen molar-refractivity contribution in [3.8, 4) is 0 Å². The average Bonchev–Trinajstić information content (AvgIpc) is 2.68. The van der Waals surface area contributed by atoms with E-state index in [1.165, 1.54) is 37.1 Å². The molecule has 1 aliphatic heterocycles. The molecule has 1 atom stereocenters. The van der Waals surface area contributed by atoms with Gasteiger partial charge in [-0.2, -0.15) is 0 Å². The standard InChI is InChI=1S/C21H29ClN4S/c1-25(15-19-12-23-21(27-2)24-13-19)14-18-4-3-10-26(16-18)11-9-17-5-7-20(22)8-6-17/h5-8,12-13,18H,3-4,9-11,14-16H2,1-2H3. The minimum Gasteiger partial charge on any atom is -0.303 e. The molecule has 0 spiro atoms. The molecule has 1 aromatic heterocycles. The molecule has 1 saturated heterocycles. The third-order valence-corrected chi connectivity index (χ3v) is 5.95. The number of thioether (sulfide) groups is 1. The van der Waals surface area contributed by atoms with Crippen LogP contribution in [0.1, 0.15) is 24.0 Å². The van der Waals surface area contributed by atoms with Crippen LogP contribution in [0.5, 0.6) is 0 Å². The van der Waals surface area contributed by atoms with Gasteiger partial charge in [-0.1, -0.05) is 35.5 Å². The van der Waals surface area contributed by atoms with Gasteiger partial charge in [0.1, 0.15) is 0 Å². The largest absolute Gasteiger partial charge is 0.303 e. The van der Waals surface area contributed by atoms with Crippen LogP contribution >= 0.6 is 23.4 Å². The van der Waals surface area contributed by atoms with Gasteiger partial charge >= 0.3 is 0 Å². The molecule has 0 saturated carbocycles. The molecule has 146 valence electrons. The highest BCUT2D eigenvalue weighted by molar-refractivity contribution is 7.98. The van der Waals surface area contributed by atoms with Crippen LogP contribution < -0.4 is 0 Å². The van der Waals surface area contributed by atoms with Crippen LogP contribution in [0.3, 0.4) is 0 Å². The summed E-state index contributed by atoms with van der Waals surface area (Å²) in [5.41, 5.74) is 2.55. The highest BCUT2D eigenvalue weighted by Crippen LogP contribution is 2.19. The maximum absolute atomic E-state index is 5.98. The fourth-order valence-electron chi connectivity index (χ4n) is 3.79. The van der Waals surface area contributed by atoms with Gasteiger partial charge in [-0.25, -0.2) is 9.97 Å². The van der Waals surface area contributed by atoms with Crippen molar-refractivity contribution in [1.29, 1.82) is 0 Å². The predicted molar refractivity (Wildman–Crippen MR) is 114 cm³/mol. The molecule has 1 fully saturated rings. The summed E-state index contributed by atoms with van der Waals surface area (Å²) in [5, 5.41) is 1.65. The molecular weight excluding hydrogens is 376 g/mol. The number of likely N-dealkylation sites (tertiary alicyclic amines) is 1. The first kappa shape index (κ1) is 20.6. The lowest BCUT2D eigenvalue weighted by molar-refractivity contribution is 0.142. The van der Waals surface area contributed by atoms with Crippen LogP contribution in [0.4, 0.5) is 0 Å². The maximum Gasteiger partial charge on any atom is 0.187 e. The Morgan fingerprint density at radius 2 is 1.93 bits per heavy atom. The number of benzene rings is 1. The summed E-state index contributed by atoms with van der Waals surface area (Å²) < 4.78 is 0. The minimum absolute atomic E-state index is 0.736. The molecule has 1 aliphatic rings. The van der Waals surface area contributed by atoms with Gasteiger partial charge in [-0.15, -0.1) is 0 Å². The van der Waals surface area contributed by atoms with E-state index in [9.17, 15) is 0 Å². The zero-order valence-corrected chi connectivity index (χ0v) is 17.8. The molecule has 0 N–H and O–H groups in total. The summed E-state index contributed by atoms with van der Waals surface area (Å²) in [7, 11) is 2.20. The van der Waals surface area contributed by atoms with Gasteiger partial charge < -0.3 is 9.80 Å². The van der Waals surface area contributed by atoms with E-state index in [0.717, 1.165) is 42.2 Å². The zero-order valence-electron chi connectivity index (χ0n) is 16.3. The van der Waals surface area contributed by atoms with E-state index in [1.54, 1.807) is 11.8 Å². The van der Waals surface area contributed by atoms with E-state index in [4.69, 9.17) is 11.6 Å². The Labute approximate surface area is 172 Å². The van der Waals surface area contributed by atoms with E-state index in [1.807, 2.05) is 30.8 Å². The quantitative estimate of drug-likeness (QED) is 0.485. The first-order chi connectivity index (χ1) is 13.1. The molecule has 4 nitrogen and oxygen atoms in total. The average molecular weight is 405 g/mol. The van der Waals surface area contributed by atoms with Gasteiger partial charge in [0.05, 0.1) is 0 Å². The molecule has 0 radical (unpaired) electrons. The number of piperidine rings is 1. The molecule has 1 unspecified atom stereocenters. The van der Waals surface area contributed by atoms with Crippen molar-refractivity contribution in [2.75, 3.05) is 39.5 Å². The number of rotatable bonds is 8. The third-order valence-electron chi connectivity index (χ3n) is 5.12. The maximum atomic E-state index is 5.98. The van der Waals surface area contributed by atoms with Crippen molar-refractivity contribution in [3.05, 3.63) is 52.8 Å². The minimum atomic E-state index is 0.736. The summed E-state index contributed by atoms with van der Waals surface area (Å²) in [4.78, 5) is 13.8. The Morgan fingerprint density at radius 3 is 2.63 bits per heavy atom. The van der Waals surface area contributed by atoms with Crippen molar-refractivity contribution in [2.45, 2.75) is 31.0 Å². The first-order valence-electron chi connectivity index (χ1n) is 9.62. The lowest BCUT2D eigenvalue weighted by Crippen LogP contribution is -2.40. The van der Waals surface area contributed by atoms with Crippen LogP contribution in [-0.4, -0.2) is 59.3 Å². The molecule has 6 heteroatoms. The molecule has 0 aliphatic carbocycles. The molecular formula is C21H29ClN4S. The summed E-state index contributed by atoms with van der Waals surface area (Å²) >= 11 is 7.56. The number of halogens is 1. The highest BCUT2D eigenvalue weighted by atomic mass is 35.5. The fraction of sp³-hybridized carbons (Fsp3) is 0.524. The Hall–Kier alpha value is -1.14. The normalized spacial score (nSPS) is 18.1. The second kappa shape index (κ2) is 10.4. The molecule has 0 bridgehead atoms. The van der Waals surface area contributed by atoms with Gasteiger partial charge in [0.15, 0.2) is 5.16 Å². The summed E-state index contributed by atoms with van der Waals surface area (Å²) in [6, 6.07) is 8.25. The Kier molecular flexibility index (Phi) is 7.94. The van der Waals surface area contributed by atoms with E-state index >= 15 is 0 Å². The van der Waals surface area contributed by atoms with E-state index < -0.39 is 0 Å². The topological polar surface area (TPSA) is 32.3 Å². The van der Waals surface area contributed by atoms with E-state index in [0.29, 0.717) is 0 Å². The molecule has 2 heterocycles. The number of hydrogen-bond acceptors (Lipinski definition) is 5. The lowest BCUT2D eigenvalue weighted by atomic mass is 9.97. The SMILES string of the molecule is CSc1ncc(CN(C)CC2CCCN(CCc3ccc(Cl)cc3)C2)cn1. The van der Waals surface area contributed by atoms with Gasteiger partial charge in [0, 0.05) is 49.2 Å². The van der Waals surface area contributed by atoms with Gasteiger partial charge in [-0.05, 0) is 62.7 Å². The molecule has 1 aromatic carbocycles.